The van der Waals surface area contributed by atoms with Gasteiger partial charge in [0.05, 0.1) is 24.9 Å². The standard InChI is InChI=1S/C20H22N2O3/c1-15-4-6-16(7-5-15)19(23)22-10-8-20(14-22)11-18(13-24-20)25-17-3-2-9-21-12-17/h2-7,9,12,18H,8,10-11,13-14H2,1H3/t18-,20-/m1/s1. The van der Waals surface area contributed by atoms with Crippen LogP contribution in [0.3, 0.4) is 0 Å². The smallest absolute Gasteiger partial charge is 0.253 e. The number of benzene rings is 1. The number of rotatable bonds is 3. The molecule has 2 aromatic rings. The van der Waals surface area contributed by atoms with Gasteiger partial charge in [-0.25, -0.2) is 0 Å². The fourth-order valence-electron chi connectivity index (χ4n) is 3.67. The van der Waals surface area contributed by atoms with E-state index in [2.05, 4.69) is 4.98 Å². The van der Waals surface area contributed by atoms with Crippen molar-refractivity contribution in [2.75, 3.05) is 19.7 Å². The minimum Gasteiger partial charge on any atom is -0.486 e. The highest BCUT2D eigenvalue weighted by molar-refractivity contribution is 5.94. The summed E-state index contributed by atoms with van der Waals surface area (Å²) in [6.45, 7) is 3.94. The van der Waals surface area contributed by atoms with Crippen molar-refractivity contribution in [3.63, 3.8) is 0 Å². The molecular formula is C20H22N2O3. The van der Waals surface area contributed by atoms with E-state index in [1.165, 1.54) is 0 Å². The van der Waals surface area contributed by atoms with Crippen molar-refractivity contribution in [1.82, 2.24) is 9.88 Å². The number of hydrogen-bond donors (Lipinski definition) is 0. The van der Waals surface area contributed by atoms with Gasteiger partial charge in [0.15, 0.2) is 0 Å². The fourth-order valence-corrected chi connectivity index (χ4v) is 3.67. The van der Waals surface area contributed by atoms with Crippen LogP contribution in [0.5, 0.6) is 5.75 Å². The number of carbonyl (C=O) groups excluding carboxylic acids is 1. The Bertz CT molecular complexity index is 747. The highest BCUT2D eigenvalue weighted by Crippen LogP contribution is 2.37. The Hall–Kier alpha value is -2.40. The van der Waals surface area contributed by atoms with E-state index >= 15 is 0 Å². The van der Waals surface area contributed by atoms with Gasteiger partial charge < -0.3 is 14.4 Å². The molecule has 1 aromatic heterocycles. The van der Waals surface area contributed by atoms with Gasteiger partial charge in [0.2, 0.25) is 0 Å². The molecule has 0 saturated carbocycles. The molecule has 0 aliphatic carbocycles. The van der Waals surface area contributed by atoms with Crippen LogP contribution in [0.25, 0.3) is 0 Å². The van der Waals surface area contributed by atoms with E-state index in [4.69, 9.17) is 9.47 Å². The van der Waals surface area contributed by atoms with Gasteiger partial charge in [-0.05, 0) is 37.6 Å². The van der Waals surface area contributed by atoms with Crippen molar-refractivity contribution in [3.8, 4) is 5.75 Å². The number of ether oxygens (including phenoxy) is 2. The molecular weight excluding hydrogens is 316 g/mol. The van der Waals surface area contributed by atoms with Gasteiger partial charge in [0.25, 0.3) is 5.91 Å². The summed E-state index contributed by atoms with van der Waals surface area (Å²) < 4.78 is 12.0. The van der Waals surface area contributed by atoms with Gasteiger partial charge in [0.1, 0.15) is 11.9 Å². The number of amides is 1. The highest BCUT2D eigenvalue weighted by Gasteiger charge is 2.47. The maximum absolute atomic E-state index is 12.7. The second-order valence-corrected chi connectivity index (χ2v) is 6.97. The van der Waals surface area contributed by atoms with Crippen molar-refractivity contribution >= 4 is 5.91 Å². The van der Waals surface area contributed by atoms with Gasteiger partial charge in [-0.2, -0.15) is 0 Å². The molecule has 2 fully saturated rings. The van der Waals surface area contributed by atoms with Crippen LogP contribution in [0.1, 0.15) is 28.8 Å². The zero-order valence-corrected chi connectivity index (χ0v) is 14.4. The molecule has 2 aliphatic heterocycles. The lowest BCUT2D eigenvalue weighted by Gasteiger charge is -2.23. The molecule has 5 nitrogen and oxygen atoms in total. The third-order valence-electron chi connectivity index (χ3n) is 5.01. The molecule has 1 spiro atoms. The van der Waals surface area contributed by atoms with Crippen LogP contribution in [0, 0.1) is 6.92 Å². The number of aryl methyl sites for hydroxylation is 1. The number of aromatic nitrogens is 1. The maximum Gasteiger partial charge on any atom is 0.253 e. The SMILES string of the molecule is Cc1ccc(C(=O)N2CC[C@@]3(C[C@@H](Oc4cccnc4)CO3)C2)cc1. The van der Waals surface area contributed by atoms with Crippen molar-refractivity contribution in [3.05, 3.63) is 59.9 Å². The van der Waals surface area contributed by atoms with Crippen LogP contribution < -0.4 is 4.74 Å². The molecule has 25 heavy (non-hydrogen) atoms. The summed E-state index contributed by atoms with van der Waals surface area (Å²) in [7, 11) is 0. The first-order chi connectivity index (χ1) is 12.1. The normalized spacial score (nSPS) is 25.5. The third kappa shape index (κ3) is 3.37. The summed E-state index contributed by atoms with van der Waals surface area (Å²) in [5.74, 6) is 0.843. The van der Waals surface area contributed by atoms with Crippen LogP contribution in [0.15, 0.2) is 48.8 Å². The predicted molar refractivity (Wildman–Crippen MR) is 93.7 cm³/mol. The van der Waals surface area contributed by atoms with E-state index in [1.54, 1.807) is 12.4 Å². The fraction of sp³-hybridized carbons (Fsp3) is 0.400. The van der Waals surface area contributed by atoms with Crippen LogP contribution >= 0.6 is 0 Å². The summed E-state index contributed by atoms with van der Waals surface area (Å²) in [5, 5.41) is 0. The van der Waals surface area contributed by atoms with Gasteiger partial charge >= 0.3 is 0 Å². The number of likely N-dealkylation sites (tertiary alicyclic amines) is 1. The summed E-state index contributed by atoms with van der Waals surface area (Å²) in [6.07, 6.45) is 5.12. The average Bonchev–Trinajstić information content (AvgIpc) is 3.23. The second kappa shape index (κ2) is 6.48. The lowest BCUT2D eigenvalue weighted by atomic mass is 9.98. The van der Waals surface area contributed by atoms with Crippen molar-refractivity contribution in [1.29, 1.82) is 0 Å². The Morgan fingerprint density at radius 3 is 2.92 bits per heavy atom. The maximum atomic E-state index is 12.7. The van der Waals surface area contributed by atoms with Gasteiger partial charge in [-0.1, -0.05) is 17.7 Å². The first kappa shape index (κ1) is 16.1. The van der Waals surface area contributed by atoms with Crippen LogP contribution in [-0.4, -0.2) is 47.2 Å². The zero-order chi connectivity index (χ0) is 17.3. The lowest BCUT2D eigenvalue weighted by molar-refractivity contribution is 0.00995. The second-order valence-electron chi connectivity index (χ2n) is 6.97. The predicted octanol–water partition coefficient (Wildman–Crippen LogP) is 2.84. The number of hydrogen-bond acceptors (Lipinski definition) is 4. The summed E-state index contributed by atoms with van der Waals surface area (Å²) in [4.78, 5) is 18.7. The average molecular weight is 338 g/mol. The number of nitrogens with zero attached hydrogens (tertiary/aromatic N) is 2. The summed E-state index contributed by atoms with van der Waals surface area (Å²) in [6, 6.07) is 11.5. The van der Waals surface area contributed by atoms with Gasteiger partial charge in [-0.15, -0.1) is 0 Å². The molecule has 1 amide bonds. The molecule has 2 saturated heterocycles. The van der Waals surface area contributed by atoms with Gasteiger partial charge in [0, 0.05) is 24.7 Å². The molecule has 4 rings (SSSR count). The van der Waals surface area contributed by atoms with E-state index in [0.717, 1.165) is 36.3 Å². The molecule has 3 heterocycles. The molecule has 1 aromatic carbocycles. The van der Waals surface area contributed by atoms with Crippen LogP contribution in [0.4, 0.5) is 0 Å². The Kier molecular flexibility index (Phi) is 4.17. The molecule has 0 radical (unpaired) electrons. The Morgan fingerprint density at radius 2 is 2.16 bits per heavy atom. The molecule has 2 aliphatic rings. The van der Waals surface area contributed by atoms with Crippen LogP contribution in [-0.2, 0) is 4.74 Å². The van der Waals surface area contributed by atoms with E-state index < -0.39 is 0 Å². The summed E-state index contributed by atoms with van der Waals surface area (Å²) >= 11 is 0. The molecule has 0 bridgehead atoms. The molecule has 130 valence electrons. The van der Waals surface area contributed by atoms with Crippen LogP contribution in [0.2, 0.25) is 0 Å². The molecule has 2 atom stereocenters. The molecule has 0 N–H and O–H groups in total. The monoisotopic (exact) mass is 338 g/mol. The van der Waals surface area contributed by atoms with E-state index in [9.17, 15) is 4.79 Å². The largest absolute Gasteiger partial charge is 0.486 e. The van der Waals surface area contributed by atoms with Crippen molar-refractivity contribution in [2.24, 2.45) is 0 Å². The Morgan fingerprint density at radius 1 is 1.32 bits per heavy atom. The minimum atomic E-state index is -0.271. The minimum absolute atomic E-state index is 0.0126. The number of pyridine rings is 1. The molecule has 0 unspecified atom stereocenters. The van der Waals surface area contributed by atoms with Crippen molar-refractivity contribution in [2.45, 2.75) is 31.5 Å². The van der Waals surface area contributed by atoms with Gasteiger partial charge in [-0.3, -0.25) is 9.78 Å². The first-order valence-electron chi connectivity index (χ1n) is 8.70. The van der Waals surface area contributed by atoms with E-state index in [-0.39, 0.29) is 17.6 Å². The van der Waals surface area contributed by atoms with Crippen molar-refractivity contribution < 1.29 is 14.3 Å². The summed E-state index contributed by atoms with van der Waals surface area (Å²) in [5.41, 5.74) is 1.63. The van der Waals surface area contributed by atoms with E-state index in [0.29, 0.717) is 13.2 Å². The Balaban J connectivity index is 1.38. The lowest BCUT2D eigenvalue weighted by Crippen LogP contribution is -2.36. The highest BCUT2D eigenvalue weighted by atomic mass is 16.6. The zero-order valence-electron chi connectivity index (χ0n) is 14.4. The third-order valence-corrected chi connectivity index (χ3v) is 5.01. The molecule has 5 heteroatoms. The number of carbonyl (C=O) groups is 1. The first-order valence-corrected chi connectivity index (χ1v) is 8.70. The topological polar surface area (TPSA) is 51.7 Å². The van der Waals surface area contributed by atoms with E-state index in [1.807, 2.05) is 48.2 Å². The quantitative estimate of drug-likeness (QED) is 0.863. The Labute approximate surface area is 147 Å².